The summed E-state index contributed by atoms with van der Waals surface area (Å²) >= 11 is 0. The fourth-order valence-electron chi connectivity index (χ4n) is 3.16. The summed E-state index contributed by atoms with van der Waals surface area (Å²) in [6, 6.07) is -0.295. The molecule has 0 rings (SSSR count). The molecule has 4 unspecified atom stereocenters. The van der Waals surface area contributed by atoms with E-state index < -0.39 is 6.10 Å². The lowest BCUT2D eigenvalue weighted by atomic mass is 10.0. The predicted octanol–water partition coefficient (Wildman–Crippen LogP) is 6.42. The van der Waals surface area contributed by atoms with Crippen LogP contribution in [0.1, 0.15) is 90.9 Å². The number of allylic oxidation sites excluding steroid dienone is 11. The van der Waals surface area contributed by atoms with Crippen LogP contribution in [0, 0.1) is 0 Å². The zero-order valence-electron chi connectivity index (χ0n) is 21.8. The first kappa shape index (κ1) is 32.3. The molecular formula is C30H52N2O2. The van der Waals surface area contributed by atoms with E-state index in [0.717, 1.165) is 51.4 Å². The van der Waals surface area contributed by atoms with Crippen molar-refractivity contribution < 1.29 is 10.2 Å². The molecule has 194 valence electrons. The standard InChI is InChI=1S/C30H52N2O2/c1-27(31)29(33)25-23-21-19-17-15-13-11-9-7-5-3-4-6-8-10-12-14-16-18-20-22-24-26-30(34)28(2)32/h3,5-6,8-9,11-12,14-15,17,21,23,27-30,33-34H,4,7,10,13,16,18-20,22,24-26,31-32H2,1-2H3/b5-3-,8-6+,11-9-,14-12-,17-15-,23-21-. The topological polar surface area (TPSA) is 92.5 Å². The van der Waals surface area contributed by atoms with E-state index in [2.05, 4.69) is 66.8 Å². The number of nitrogens with two attached hydrogens (primary N) is 2. The van der Waals surface area contributed by atoms with Crippen molar-refractivity contribution in [2.75, 3.05) is 0 Å². The molecule has 0 aliphatic rings. The average Bonchev–Trinajstić information content (AvgIpc) is 2.81. The van der Waals surface area contributed by atoms with Gasteiger partial charge in [0, 0.05) is 12.1 Å². The predicted molar refractivity (Wildman–Crippen MR) is 150 cm³/mol. The highest BCUT2D eigenvalue weighted by atomic mass is 16.3. The van der Waals surface area contributed by atoms with Crippen LogP contribution < -0.4 is 11.5 Å². The number of unbranched alkanes of at least 4 members (excludes halogenated alkanes) is 4. The largest absolute Gasteiger partial charge is 0.392 e. The van der Waals surface area contributed by atoms with Crippen molar-refractivity contribution in [2.24, 2.45) is 11.5 Å². The second-order valence-electron chi connectivity index (χ2n) is 9.09. The fourth-order valence-corrected chi connectivity index (χ4v) is 3.16. The lowest BCUT2D eigenvalue weighted by Gasteiger charge is -2.13. The highest BCUT2D eigenvalue weighted by Gasteiger charge is 2.08. The first-order valence-electron chi connectivity index (χ1n) is 13.2. The molecule has 0 radical (unpaired) electrons. The van der Waals surface area contributed by atoms with Crippen LogP contribution in [0.15, 0.2) is 72.9 Å². The number of aliphatic hydroxyl groups is 2. The smallest absolute Gasteiger partial charge is 0.0722 e. The lowest BCUT2D eigenvalue weighted by Crippen LogP contribution is -2.31. The van der Waals surface area contributed by atoms with Gasteiger partial charge in [0.05, 0.1) is 12.2 Å². The summed E-state index contributed by atoms with van der Waals surface area (Å²) in [6.07, 6.45) is 37.4. The number of hydrogen-bond donors (Lipinski definition) is 4. The van der Waals surface area contributed by atoms with Crippen LogP contribution in [0.2, 0.25) is 0 Å². The van der Waals surface area contributed by atoms with Crippen molar-refractivity contribution in [3.63, 3.8) is 0 Å². The van der Waals surface area contributed by atoms with Gasteiger partial charge in [-0.25, -0.2) is 0 Å². The van der Waals surface area contributed by atoms with Gasteiger partial charge >= 0.3 is 0 Å². The maximum atomic E-state index is 9.66. The Hall–Kier alpha value is -1.72. The van der Waals surface area contributed by atoms with Crippen LogP contribution in [0.25, 0.3) is 0 Å². The highest BCUT2D eigenvalue weighted by molar-refractivity contribution is 5.01. The molecule has 0 aromatic carbocycles. The molecule has 4 heteroatoms. The van der Waals surface area contributed by atoms with E-state index in [0.29, 0.717) is 6.42 Å². The second-order valence-corrected chi connectivity index (χ2v) is 9.09. The molecular weight excluding hydrogens is 420 g/mol. The third kappa shape index (κ3) is 23.4. The van der Waals surface area contributed by atoms with E-state index in [1.807, 2.05) is 19.9 Å². The third-order valence-corrected chi connectivity index (χ3v) is 5.57. The second kappa shape index (κ2) is 24.4. The first-order chi connectivity index (χ1) is 16.4. The van der Waals surface area contributed by atoms with Gasteiger partial charge in [0.25, 0.3) is 0 Å². The Kier molecular flexibility index (Phi) is 23.2. The molecule has 0 amide bonds. The van der Waals surface area contributed by atoms with Crippen molar-refractivity contribution >= 4 is 0 Å². The van der Waals surface area contributed by atoms with Gasteiger partial charge in [0.2, 0.25) is 0 Å². The van der Waals surface area contributed by atoms with Crippen molar-refractivity contribution in [3.05, 3.63) is 72.9 Å². The van der Waals surface area contributed by atoms with Crippen LogP contribution in [-0.4, -0.2) is 34.5 Å². The third-order valence-electron chi connectivity index (χ3n) is 5.57. The summed E-state index contributed by atoms with van der Waals surface area (Å²) in [5.41, 5.74) is 11.3. The molecule has 0 aromatic rings. The summed E-state index contributed by atoms with van der Waals surface area (Å²) in [7, 11) is 0. The molecule has 0 spiro atoms. The fraction of sp³-hybridized carbons (Fsp3) is 0.600. The van der Waals surface area contributed by atoms with Crippen LogP contribution in [0.5, 0.6) is 0 Å². The first-order valence-corrected chi connectivity index (χ1v) is 13.2. The molecule has 4 atom stereocenters. The van der Waals surface area contributed by atoms with Gasteiger partial charge in [0.1, 0.15) is 0 Å². The van der Waals surface area contributed by atoms with E-state index in [4.69, 9.17) is 11.5 Å². The molecule has 0 saturated carbocycles. The number of rotatable bonds is 21. The van der Waals surface area contributed by atoms with E-state index in [-0.39, 0.29) is 18.2 Å². The van der Waals surface area contributed by atoms with Gasteiger partial charge < -0.3 is 21.7 Å². The van der Waals surface area contributed by atoms with Gasteiger partial charge in [-0.3, -0.25) is 0 Å². The van der Waals surface area contributed by atoms with Crippen LogP contribution >= 0.6 is 0 Å². The van der Waals surface area contributed by atoms with Gasteiger partial charge in [0.15, 0.2) is 0 Å². The Labute approximate surface area is 209 Å². The zero-order chi connectivity index (χ0) is 25.3. The Bertz CT molecular complexity index is 615. The van der Waals surface area contributed by atoms with Gasteiger partial charge in [-0.2, -0.15) is 0 Å². The molecule has 0 bridgehead atoms. The van der Waals surface area contributed by atoms with Crippen molar-refractivity contribution in [1.82, 2.24) is 0 Å². The molecule has 34 heavy (non-hydrogen) atoms. The summed E-state index contributed by atoms with van der Waals surface area (Å²) in [5.74, 6) is 0. The molecule has 6 N–H and O–H groups in total. The monoisotopic (exact) mass is 472 g/mol. The Morgan fingerprint density at radius 2 is 0.882 bits per heavy atom. The minimum absolute atomic E-state index is 0.117. The van der Waals surface area contributed by atoms with Gasteiger partial charge in [-0.15, -0.1) is 0 Å². The van der Waals surface area contributed by atoms with Crippen LogP contribution in [-0.2, 0) is 0 Å². The maximum absolute atomic E-state index is 9.66. The molecule has 0 heterocycles. The van der Waals surface area contributed by atoms with Crippen LogP contribution in [0.4, 0.5) is 0 Å². The summed E-state index contributed by atoms with van der Waals surface area (Å²) in [4.78, 5) is 0. The van der Waals surface area contributed by atoms with Crippen molar-refractivity contribution in [2.45, 2.75) is 115 Å². The molecule has 0 aromatic heterocycles. The minimum atomic E-state index is -0.451. The quantitative estimate of drug-likeness (QED) is 0.114. The highest BCUT2D eigenvalue weighted by Crippen LogP contribution is 2.09. The molecule has 0 fully saturated rings. The summed E-state index contributed by atoms with van der Waals surface area (Å²) < 4.78 is 0. The molecule has 0 saturated heterocycles. The van der Waals surface area contributed by atoms with Crippen molar-refractivity contribution in [1.29, 1.82) is 0 Å². The van der Waals surface area contributed by atoms with E-state index in [1.165, 1.54) is 19.3 Å². The Morgan fingerprint density at radius 3 is 1.32 bits per heavy atom. The number of hydrogen-bond acceptors (Lipinski definition) is 4. The Morgan fingerprint density at radius 1 is 0.500 bits per heavy atom. The molecule has 0 aliphatic carbocycles. The average molecular weight is 473 g/mol. The van der Waals surface area contributed by atoms with E-state index >= 15 is 0 Å². The van der Waals surface area contributed by atoms with E-state index in [1.54, 1.807) is 0 Å². The van der Waals surface area contributed by atoms with Crippen LogP contribution in [0.3, 0.4) is 0 Å². The normalized spacial score (nSPS) is 16.8. The van der Waals surface area contributed by atoms with E-state index in [9.17, 15) is 10.2 Å². The lowest BCUT2D eigenvalue weighted by molar-refractivity contribution is 0.138. The minimum Gasteiger partial charge on any atom is -0.392 e. The SMILES string of the molecule is CC(N)C(O)C/C=C\C/C=C\C/C=C\C/C=C\C/C=C/C/C=C\CCCCCCC(O)C(C)N. The number of aliphatic hydroxyl groups excluding tert-OH is 2. The van der Waals surface area contributed by atoms with Gasteiger partial charge in [-0.05, 0) is 71.6 Å². The molecule has 4 nitrogen and oxygen atoms in total. The molecule has 0 aliphatic heterocycles. The van der Waals surface area contributed by atoms with Gasteiger partial charge in [-0.1, -0.05) is 92.2 Å². The summed E-state index contributed by atoms with van der Waals surface area (Å²) in [6.45, 7) is 3.68. The summed E-state index contributed by atoms with van der Waals surface area (Å²) in [5, 5.41) is 19.3. The van der Waals surface area contributed by atoms with Crippen molar-refractivity contribution in [3.8, 4) is 0 Å². The maximum Gasteiger partial charge on any atom is 0.0722 e. The Balaban J connectivity index is 3.54. The zero-order valence-corrected chi connectivity index (χ0v) is 21.8.